The molecule has 0 aliphatic carbocycles. The first-order chi connectivity index (χ1) is 7.81. The van der Waals surface area contributed by atoms with Gasteiger partial charge in [-0.05, 0) is 61.9 Å². The highest BCUT2D eigenvalue weighted by Gasteiger charge is 2.23. The highest BCUT2D eigenvalue weighted by molar-refractivity contribution is 5.85. The highest BCUT2D eigenvalue weighted by atomic mass is 35.5. The van der Waals surface area contributed by atoms with Crippen molar-refractivity contribution in [2.75, 3.05) is 13.1 Å². The van der Waals surface area contributed by atoms with E-state index in [0.29, 0.717) is 11.8 Å². The summed E-state index contributed by atoms with van der Waals surface area (Å²) in [5, 5.41) is 3.37. The average molecular weight is 257 g/mol. The Morgan fingerprint density at radius 1 is 1.24 bits per heavy atom. The number of benzene rings is 1. The number of rotatable bonds is 3. The molecule has 0 saturated carbocycles. The highest BCUT2D eigenvalue weighted by Crippen LogP contribution is 2.33. The van der Waals surface area contributed by atoms with Crippen LogP contribution in [0, 0.1) is 18.7 Å². The number of nitrogens with one attached hydrogen (secondary N) is 1. The Bertz CT molecular complexity index is 319. The molecule has 1 saturated heterocycles. The van der Waals surface area contributed by atoms with E-state index in [1.54, 1.807) is 12.1 Å². The molecule has 3 heteroatoms. The van der Waals surface area contributed by atoms with E-state index in [9.17, 15) is 4.39 Å². The second-order valence-corrected chi connectivity index (χ2v) is 4.53. The number of hydrogen-bond donors (Lipinski definition) is 1. The first-order valence-corrected chi connectivity index (χ1v) is 6.06. The summed E-state index contributed by atoms with van der Waals surface area (Å²) in [6, 6.07) is 6.93. The van der Waals surface area contributed by atoms with Crippen molar-refractivity contribution >= 4 is 12.4 Å². The molecule has 1 heterocycles. The maximum absolute atomic E-state index is 12.9. The third kappa shape index (κ3) is 3.68. The van der Waals surface area contributed by atoms with Crippen molar-refractivity contribution in [1.82, 2.24) is 5.32 Å². The number of piperidine rings is 1. The smallest absolute Gasteiger partial charge is 0.123 e. The lowest BCUT2D eigenvalue weighted by molar-refractivity contribution is 0.318. The van der Waals surface area contributed by atoms with Crippen LogP contribution < -0.4 is 5.32 Å². The summed E-state index contributed by atoms with van der Waals surface area (Å²) < 4.78 is 12.9. The van der Waals surface area contributed by atoms with E-state index in [2.05, 4.69) is 12.2 Å². The molecule has 1 nitrogen and oxygen atoms in total. The van der Waals surface area contributed by atoms with E-state index >= 15 is 0 Å². The molecule has 0 spiro atoms. The minimum absolute atomic E-state index is 0. The SMILES string of the molecule is Cl.[CH2]CC(c1ccc(F)cc1)C1CCNCC1. The Kier molecular flexibility index (Phi) is 5.93. The van der Waals surface area contributed by atoms with Crippen LogP contribution >= 0.6 is 12.4 Å². The molecule has 17 heavy (non-hydrogen) atoms. The molecule has 0 aromatic heterocycles. The summed E-state index contributed by atoms with van der Waals surface area (Å²) in [5.41, 5.74) is 1.24. The van der Waals surface area contributed by atoms with Crippen LogP contribution in [0.25, 0.3) is 0 Å². The first-order valence-electron chi connectivity index (χ1n) is 6.06. The molecule has 1 aliphatic rings. The lowest BCUT2D eigenvalue weighted by Crippen LogP contribution is -2.30. The van der Waals surface area contributed by atoms with Gasteiger partial charge in [-0.15, -0.1) is 12.4 Å². The van der Waals surface area contributed by atoms with Gasteiger partial charge in [-0.3, -0.25) is 0 Å². The van der Waals surface area contributed by atoms with Crippen LogP contribution in [-0.2, 0) is 0 Å². The van der Waals surface area contributed by atoms with Crippen LogP contribution in [0.5, 0.6) is 0 Å². The third-order valence-electron chi connectivity index (χ3n) is 3.56. The zero-order valence-corrected chi connectivity index (χ0v) is 10.8. The van der Waals surface area contributed by atoms with Gasteiger partial charge in [0.1, 0.15) is 5.82 Å². The van der Waals surface area contributed by atoms with Gasteiger partial charge in [0.25, 0.3) is 0 Å². The first kappa shape index (κ1) is 14.5. The summed E-state index contributed by atoms with van der Waals surface area (Å²) in [6.07, 6.45) is 3.31. The zero-order chi connectivity index (χ0) is 11.4. The average Bonchev–Trinajstić information content (AvgIpc) is 2.34. The summed E-state index contributed by atoms with van der Waals surface area (Å²) in [4.78, 5) is 0. The molecule has 0 amide bonds. The minimum atomic E-state index is -0.156. The van der Waals surface area contributed by atoms with Crippen LogP contribution in [-0.4, -0.2) is 13.1 Å². The topological polar surface area (TPSA) is 12.0 Å². The maximum Gasteiger partial charge on any atom is 0.123 e. The second-order valence-electron chi connectivity index (χ2n) is 4.53. The molecular weight excluding hydrogens is 237 g/mol. The Morgan fingerprint density at radius 2 is 1.82 bits per heavy atom. The van der Waals surface area contributed by atoms with E-state index in [-0.39, 0.29) is 18.2 Å². The molecular formula is C14H20ClFN. The summed E-state index contributed by atoms with van der Waals surface area (Å²) in [5.74, 6) is 1.03. The normalized spacial score (nSPS) is 18.5. The van der Waals surface area contributed by atoms with Crippen molar-refractivity contribution in [3.8, 4) is 0 Å². The lowest BCUT2D eigenvalue weighted by Gasteiger charge is -2.30. The van der Waals surface area contributed by atoms with Gasteiger partial charge in [0.2, 0.25) is 0 Å². The van der Waals surface area contributed by atoms with Crippen LogP contribution in [0.2, 0.25) is 0 Å². The molecule has 0 bridgehead atoms. The van der Waals surface area contributed by atoms with Gasteiger partial charge >= 0.3 is 0 Å². The van der Waals surface area contributed by atoms with E-state index in [1.807, 2.05) is 12.1 Å². The van der Waals surface area contributed by atoms with Crippen molar-refractivity contribution in [3.63, 3.8) is 0 Å². The van der Waals surface area contributed by atoms with Gasteiger partial charge in [0.15, 0.2) is 0 Å². The molecule has 1 aromatic carbocycles. The van der Waals surface area contributed by atoms with Gasteiger partial charge in [-0.2, -0.15) is 0 Å². The fourth-order valence-electron chi connectivity index (χ4n) is 2.63. The van der Waals surface area contributed by atoms with Crippen molar-refractivity contribution in [2.24, 2.45) is 5.92 Å². The predicted octanol–water partition coefficient (Wildman–Crippen LogP) is 3.55. The zero-order valence-electron chi connectivity index (χ0n) is 9.99. The Hall–Kier alpha value is -0.600. The Labute approximate surface area is 109 Å². The molecule has 1 aromatic rings. The molecule has 1 radical (unpaired) electrons. The van der Waals surface area contributed by atoms with Crippen molar-refractivity contribution in [1.29, 1.82) is 0 Å². The van der Waals surface area contributed by atoms with Crippen LogP contribution in [0.3, 0.4) is 0 Å². The monoisotopic (exact) mass is 256 g/mol. The molecule has 1 fully saturated rings. The van der Waals surface area contributed by atoms with Gasteiger partial charge in [0, 0.05) is 0 Å². The Morgan fingerprint density at radius 3 is 2.35 bits per heavy atom. The molecule has 1 atom stereocenters. The van der Waals surface area contributed by atoms with Crippen molar-refractivity contribution in [3.05, 3.63) is 42.6 Å². The van der Waals surface area contributed by atoms with Gasteiger partial charge in [-0.25, -0.2) is 4.39 Å². The van der Waals surface area contributed by atoms with Crippen LogP contribution in [0.4, 0.5) is 4.39 Å². The standard InChI is InChI=1S/C14H19FN.ClH/c1-2-14(12-7-9-16-10-8-12)11-3-5-13(15)6-4-11;/h3-6,12,14,16H,1-2,7-10H2;1H. The minimum Gasteiger partial charge on any atom is -0.317 e. The predicted molar refractivity (Wildman–Crippen MR) is 72.0 cm³/mol. The van der Waals surface area contributed by atoms with E-state index in [4.69, 9.17) is 0 Å². The van der Waals surface area contributed by atoms with Crippen molar-refractivity contribution in [2.45, 2.75) is 25.2 Å². The Balaban J connectivity index is 0.00000144. The molecule has 2 rings (SSSR count). The fourth-order valence-corrected chi connectivity index (χ4v) is 2.63. The van der Waals surface area contributed by atoms with E-state index in [0.717, 1.165) is 19.5 Å². The molecule has 1 aliphatic heterocycles. The van der Waals surface area contributed by atoms with Gasteiger partial charge < -0.3 is 5.32 Å². The number of halogens is 2. The van der Waals surface area contributed by atoms with Crippen LogP contribution in [0.1, 0.15) is 30.7 Å². The molecule has 95 valence electrons. The maximum atomic E-state index is 12.9. The summed E-state index contributed by atoms with van der Waals surface area (Å²) in [7, 11) is 0. The molecule has 1 unspecified atom stereocenters. The van der Waals surface area contributed by atoms with Crippen molar-refractivity contribution < 1.29 is 4.39 Å². The lowest BCUT2D eigenvalue weighted by atomic mass is 9.79. The quantitative estimate of drug-likeness (QED) is 0.872. The summed E-state index contributed by atoms with van der Waals surface area (Å²) in [6.45, 7) is 6.24. The van der Waals surface area contributed by atoms with Crippen LogP contribution in [0.15, 0.2) is 24.3 Å². The third-order valence-corrected chi connectivity index (χ3v) is 3.56. The van der Waals surface area contributed by atoms with Gasteiger partial charge in [0.05, 0.1) is 0 Å². The summed E-state index contributed by atoms with van der Waals surface area (Å²) >= 11 is 0. The molecule has 1 N–H and O–H groups in total. The fraction of sp³-hybridized carbons (Fsp3) is 0.500. The number of hydrogen-bond acceptors (Lipinski definition) is 1. The second kappa shape index (κ2) is 6.97. The van der Waals surface area contributed by atoms with Gasteiger partial charge in [-0.1, -0.05) is 19.1 Å². The van der Waals surface area contributed by atoms with E-state index in [1.165, 1.54) is 18.4 Å². The largest absolute Gasteiger partial charge is 0.317 e. The van der Waals surface area contributed by atoms with E-state index < -0.39 is 0 Å².